The largest absolute Gasteiger partial charge is 0.493 e. The number of rotatable bonds is 14. The minimum absolute atomic E-state index is 0.126. The monoisotopic (exact) mass is 519 g/mol. The molecule has 0 atom stereocenters. The van der Waals surface area contributed by atoms with E-state index in [-0.39, 0.29) is 11.1 Å². The quantitative estimate of drug-likeness (QED) is 0.145. The molecule has 0 aliphatic heterocycles. The van der Waals surface area contributed by atoms with Crippen molar-refractivity contribution in [1.82, 2.24) is 0 Å². The van der Waals surface area contributed by atoms with Crippen LogP contribution in [0.1, 0.15) is 31.7 Å². The molecule has 5 nitrogen and oxygen atoms in total. The van der Waals surface area contributed by atoms with Gasteiger partial charge in [-0.25, -0.2) is 0 Å². The van der Waals surface area contributed by atoms with Crippen LogP contribution in [0.4, 0.5) is 0 Å². The van der Waals surface area contributed by atoms with E-state index in [1.807, 2.05) is 24.3 Å². The summed E-state index contributed by atoms with van der Waals surface area (Å²) in [5.41, 5.74) is 0.940. The van der Waals surface area contributed by atoms with Gasteiger partial charge < -0.3 is 19.0 Å². The number of ether oxygens (including phenoxy) is 3. The standard InChI is InChI=1S/C23H25Cl4NO4/c1-2-3-12-32-28-16-17-5-7-18(8-6-17)29-10-4-11-31-23-20(24)14-19(15-21(23)25)30-13-9-22(26)27/h5-9,14-16H,2-4,10-13H2,1H3/b28-16+. The molecule has 0 N–H and O–H groups in total. The maximum absolute atomic E-state index is 6.25. The topological polar surface area (TPSA) is 49.3 Å². The van der Waals surface area contributed by atoms with Gasteiger partial charge in [-0.2, -0.15) is 0 Å². The molecule has 0 aliphatic rings. The van der Waals surface area contributed by atoms with E-state index in [0.29, 0.717) is 47.8 Å². The van der Waals surface area contributed by atoms with Gasteiger partial charge in [0.1, 0.15) is 29.2 Å². The van der Waals surface area contributed by atoms with E-state index < -0.39 is 0 Å². The van der Waals surface area contributed by atoms with Crippen LogP contribution in [0.2, 0.25) is 10.0 Å². The van der Waals surface area contributed by atoms with Crippen molar-refractivity contribution in [2.75, 3.05) is 26.4 Å². The van der Waals surface area contributed by atoms with Gasteiger partial charge in [-0.1, -0.05) is 64.9 Å². The Bertz CT molecular complexity index is 861. The van der Waals surface area contributed by atoms with Gasteiger partial charge in [0.15, 0.2) is 5.75 Å². The first-order chi connectivity index (χ1) is 15.5. The van der Waals surface area contributed by atoms with Crippen molar-refractivity contribution in [3.05, 3.63) is 62.6 Å². The van der Waals surface area contributed by atoms with E-state index in [1.54, 1.807) is 18.3 Å². The van der Waals surface area contributed by atoms with Crippen molar-refractivity contribution in [2.45, 2.75) is 26.2 Å². The van der Waals surface area contributed by atoms with Crippen molar-refractivity contribution in [3.63, 3.8) is 0 Å². The van der Waals surface area contributed by atoms with Crippen molar-refractivity contribution in [1.29, 1.82) is 0 Å². The number of benzene rings is 2. The Morgan fingerprint density at radius 2 is 1.56 bits per heavy atom. The molecule has 0 radical (unpaired) electrons. The third-order valence-corrected chi connectivity index (χ3v) is 4.88. The van der Waals surface area contributed by atoms with E-state index in [9.17, 15) is 0 Å². The maximum Gasteiger partial charge on any atom is 0.156 e. The second kappa shape index (κ2) is 15.1. The summed E-state index contributed by atoms with van der Waals surface area (Å²) in [5.74, 6) is 1.65. The van der Waals surface area contributed by atoms with Crippen LogP contribution in [-0.4, -0.2) is 32.6 Å². The first kappa shape index (κ1) is 26.5. The zero-order valence-corrected chi connectivity index (χ0v) is 20.7. The molecule has 0 spiro atoms. The lowest BCUT2D eigenvalue weighted by molar-refractivity contribution is 0.143. The Kier molecular flexibility index (Phi) is 12.5. The molecule has 0 amide bonds. The molecule has 32 heavy (non-hydrogen) atoms. The van der Waals surface area contributed by atoms with E-state index in [1.165, 1.54) is 6.08 Å². The van der Waals surface area contributed by atoms with Gasteiger partial charge in [0.2, 0.25) is 0 Å². The first-order valence-electron chi connectivity index (χ1n) is 10.1. The van der Waals surface area contributed by atoms with Gasteiger partial charge >= 0.3 is 0 Å². The summed E-state index contributed by atoms with van der Waals surface area (Å²) in [6.45, 7) is 3.81. The van der Waals surface area contributed by atoms with Gasteiger partial charge in [0, 0.05) is 18.6 Å². The van der Waals surface area contributed by atoms with Crippen molar-refractivity contribution in [2.24, 2.45) is 5.16 Å². The normalized spacial score (nSPS) is 10.8. The third-order valence-electron chi connectivity index (χ3n) is 4.01. The number of oxime groups is 1. The molecule has 0 aliphatic carbocycles. The lowest BCUT2D eigenvalue weighted by Crippen LogP contribution is -2.06. The van der Waals surface area contributed by atoms with Gasteiger partial charge in [-0.15, -0.1) is 0 Å². The zero-order chi connectivity index (χ0) is 23.2. The molecule has 0 unspecified atom stereocenters. The highest BCUT2D eigenvalue weighted by atomic mass is 35.5. The molecule has 0 heterocycles. The highest BCUT2D eigenvalue weighted by Gasteiger charge is 2.10. The SMILES string of the molecule is CCCCO/N=C/c1ccc(OCCCOc2c(Cl)cc(OCC=C(Cl)Cl)cc2Cl)cc1. The second-order valence-corrected chi connectivity index (χ2v) is 8.38. The van der Waals surface area contributed by atoms with Crippen LogP contribution in [0.15, 0.2) is 52.1 Å². The second-order valence-electron chi connectivity index (χ2n) is 6.56. The molecule has 9 heteroatoms. The summed E-state index contributed by atoms with van der Waals surface area (Å²) in [5, 5.41) is 4.64. The first-order valence-corrected chi connectivity index (χ1v) is 11.6. The van der Waals surface area contributed by atoms with Crippen LogP contribution in [0, 0.1) is 0 Å². The van der Waals surface area contributed by atoms with Crippen LogP contribution < -0.4 is 14.2 Å². The summed E-state index contributed by atoms with van der Waals surface area (Å²) in [6.07, 6.45) is 5.92. The predicted octanol–water partition coefficient (Wildman–Crippen LogP) is 7.69. The molecule has 2 aromatic carbocycles. The van der Waals surface area contributed by atoms with E-state index in [0.717, 1.165) is 24.2 Å². The highest BCUT2D eigenvalue weighted by molar-refractivity contribution is 6.55. The van der Waals surface area contributed by atoms with Crippen molar-refractivity contribution < 1.29 is 19.0 Å². The summed E-state index contributed by atoms with van der Waals surface area (Å²) < 4.78 is 17.0. The van der Waals surface area contributed by atoms with E-state index in [4.69, 9.17) is 65.5 Å². The van der Waals surface area contributed by atoms with Gasteiger partial charge in [0.05, 0.1) is 29.5 Å². The molecule has 0 aromatic heterocycles. The van der Waals surface area contributed by atoms with E-state index >= 15 is 0 Å². The third kappa shape index (κ3) is 10.2. The van der Waals surface area contributed by atoms with Gasteiger partial charge in [-0.3, -0.25) is 0 Å². The number of hydrogen-bond donors (Lipinski definition) is 0. The number of halogens is 4. The fourth-order valence-electron chi connectivity index (χ4n) is 2.39. The fraction of sp³-hybridized carbons (Fsp3) is 0.348. The zero-order valence-electron chi connectivity index (χ0n) is 17.7. The number of unbranched alkanes of at least 4 members (excludes halogenated alkanes) is 1. The summed E-state index contributed by atoms with van der Waals surface area (Å²) in [4.78, 5) is 5.17. The van der Waals surface area contributed by atoms with Gasteiger partial charge in [0.25, 0.3) is 0 Å². The number of nitrogens with zero attached hydrogens (tertiary/aromatic N) is 1. The molecule has 2 rings (SSSR count). The smallest absolute Gasteiger partial charge is 0.156 e. The van der Waals surface area contributed by atoms with Crippen molar-refractivity contribution >= 4 is 52.6 Å². The summed E-state index contributed by atoms with van der Waals surface area (Å²) in [6, 6.07) is 10.8. The average Bonchev–Trinajstić information content (AvgIpc) is 2.75. The fourth-order valence-corrected chi connectivity index (χ4v) is 3.09. The summed E-state index contributed by atoms with van der Waals surface area (Å²) in [7, 11) is 0. The summed E-state index contributed by atoms with van der Waals surface area (Å²) >= 11 is 23.6. The minimum atomic E-state index is 0.126. The van der Waals surface area contributed by atoms with E-state index in [2.05, 4.69) is 12.1 Å². The van der Waals surface area contributed by atoms with Crippen LogP contribution in [-0.2, 0) is 4.84 Å². The van der Waals surface area contributed by atoms with Crippen LogP contribution >= 0.6 is 46.4 Å². The van der Waals surface area contributed by atoms with Crippen LogP contribution in [0.3, 0.4) is 0 Å². The Labute approximate surface area is 208 Å². The molecule has 0 fully saturated rings. The number of hydrogen-bond acceptors (Lipinski definition) is 5. The minimum Gasteiger partial charge on any atom is -0.493 e. The lowest BCUT2D eigenvalue weighted by atomic mass is 10.2. The van der Waals surface area contributed by atoms with Crippen molar-refractivity contribution in [3.8, 4) is 17.2 Å². The molecular weight excluding hydrogens is 496 g/mol. The molecule has 0 bridgehead atoms. The van der Waals surface area contributed by atoms with Gasteiger partial charge in [-0.05, 0) is 42.3 Å². The Balaban J connectivity index is 1.71. The molecule has 2 aromatic rings. The Hall–Kier alpha value is -1.79. The highest BCUT2D eigenvalue weighted by Crippen LogP contribution is 2.37. The molecule has 0 saturated carbocycles. The van der Waals surface area contributed by atoms with Crippen LogP contribution in [0.5, 0.6) is 17.2 Å². The maximum atomic E-state index is 6.25. The molecule has 0 saturated heterocycles. The predicted molar refractivity (Wildman–Crippen MR) is 132 cm³/mol. The Morgan fingerprint density at radius 3 is 2.22 bits per heavy atom. The lowest BCUT2D eigenvalue weighted by Gasteiger charge is -2.12. The average molecular weight is 521 g/mol. The molecular formula is C23H25Cl4NO4. The molecule has 174 valence electrons. The Morgan fingerprint density at radius 1 is 0.875 bits per heavy atom. The van der Waals surface area contributed by atoms with Crippen LogP contribution in [0.25, 0.3) is 0 Å².